The predicted octanol–water partition coefficient (Wildman–Crippen LogP) is 6.06. The summed E-state index contributed by atoms with van der Waals surface area (Å²) in [6, 6.07) is 20.4. The third-order valence-electron chi connectivity index (χ3n) is 4.49. The van der Waals surface area contributed by atoms with Crippen LogP contribution in [-0.2, 0) is 6.61 Å². The summed E-state index contributed by atoms with van der Waals surface area (Å²) in [7, 11) is 0. The monoisotopic (exact) mass is 502 g/mol. The van der Waals surface area contributed by atoms with Crippen LogP contribution in [0.15, 0.2) is 88.2 Å². The fourth-order valence-electron chi connectivity index (χ4n) is 2.99. The standard InChI is InChI=1S/C24H17F3N2O5S/c25-24(26,27)34-18-9-10-20-16(11-18)12-21(33-20)22(30)28-23(31)29-35-19-8-4-7-17(13-19)32-14-15-5-2-1-3-6-15/h1-13H,14H2,(H2,28,29,30,31). The molecule has 0 saturated carbocycles. The second-order valence-electron chi connectivity index (χ2n) is 7.09. The average molecular weight is 502 g/mol. The van der Waals surface area contributed by atoms with Gasteiger partial charge >= 0.3 is 12.4 Å². The van der Waals surface area contributed by atoms with E-state index in [0.717, 1.165) is 29.6 Å². The third-order valence-corrected chi connectivity index (χ3v) is 5.26. The molecule has 0 aliphatic carbocycles. The van der Waals surface area contributed by atoms with Gasteiger partial charge in [-0.1, -0.05) is 36.4 Å². The van der Waals surface area contributed by atoms with E-state index in [1.165, 1.54) is 12.1 Å². The lowest BCUT2D eigenvalue weighted by Crippen LogP contribution is -2.36. The molecule has 0 saturated heterocycles. The highest BCUT2D eigenvalue weighted by Gasteiger charge is 2.31. The van der Waals surface area contributed by atoms with E-state index >= 15 is 0 Å². The fourth-order valence-corrected chi connectivity index (χ4v) is 3.58. The molecule has 0 aliphatic rings. The number of urea groups is 1. The lowest BCUT2D eigenvalue weighted by Gasteiger charge is -2.08. The van der Waals surface area contributed by atoms with Crippen molar-refractivity contribution in [1.29, 1.82) is 0 Å². The van der Waals surface area contributed by atoms with Gasteiger partial charge in [0.1, 0.15) is 23.7 Å². The molecule has 180 valence electrons. The number of alkyl halides is 3. The zero-order valence-electron chi connectivity index (χ0n) is 17.8. The summed E-state index contributed by atoms with van der Waals surface area (Å²) < 4.78 is 54.5. The molecule has 0 spiro atoms. The van der Waals surface area contributed by atoms with Gasteiger partial charge in [0.05, 0.1) is 0 Å². The Balaban J connectivity index is 1.30. The van der Waals surface area contributed by atoms with Gasteiger partial charge in [-0.05, 0) is 60.0 Å². The van der Waals surface area contributed by atoms with Crippen molar-refractivity contribution in [1.82, 2.24) is 10.0 Å². The third kappa shape index (κ3) is 6.93. The van der Waals surface area contributed by atoms with Crippen molar-refractivity contribution in [2.75, 3.05) is 0 Å². The van der Waals surface area contributed by atoms with Gasteiger partial charge in [-0.3, -0.25) is 14.8 Å². The van der Waals surface area contributed by atoms with Crippen LogP contribution in [-0.4, -0.2) is 18.3 Å². The van der Waals surface area contributed by atoms with Gasteiger partial charge in [0.2, 0.25) is 0 Å². The normalized spacial score (nSPS) is 11.2. The van der Waals surface area contributed by atoms with Gasteiger partial charge in [-0.15, -0.1) is 13.2 Å². The topological polar surface area (TPSA) is 89.8 Å². The number of carbonyl (C=O) groups is 2. The van der Waals surface area contributed by atoms with Gasteiger partial charge in [-0.2, -0.15) is 0 Å². The van der Waals surface area contributed by atoms with Gasteiger partial charge in [0.15, 0.2) is 5.76 Å². The summed E-state index contributed by atoms with van der Waals surface area (Å²) in [4.78, 5) is 25.1. The van der Waals surface area contributed by atoms with Crippen LogP contribution in [0, 0.1) is 0 Å². The Hall–Kier alpha value is -4.12. The summed E-state index contributed by atoms with van der Waals surface area (Å²) in [5, 5.41) is 2.30. The van der Waals surface area contributed by atoms with Crippen LogP contribution in [0.1, 0.15) is 16.1 Å². The maximum atomic E-state index is 12.4. The Morgan fingerprint density at radius 2 is 1.71 bits per heavy atom. The Labute approximate surface area is 201 Å². The number of nitrogens with one attached hydrogen (secondary N) is 2. The van der Waals surface area contributed by atoms with Crippen LogP contribution < -0.4 is 19.5 Å². The van der Waals surface area contributed by atoms with E-state index in [9.17, 15) is 22.8 Å². The van der Waals surface area contributed by atoms with E-state index in [1.807, 2.05) is 30.3 Å². The highest BCUT2D eigenvalue weighted by atomic mass is 32.2. The number of rotatable bonds is 7. The van der Waals surface area contributed by atoms with Crippen molar-refractivity contribution < 1.29 is 36.7 Å². The number of amides is 3. The number of hydrogen-bond acceptors (Lipinski definition) is 6. The summed E-state index contributed by atoms with van der Waals surface area (Å²) in [5.41, 5.74) is 1.17. The molecule has 2 N–H and O–H groups in total. The number of benzene rings is 3. The molecule has 3 amide bonds. The highest BCUT2D eigenvalue weighted by molar-refractivity contribution is 7.98. The molecule has 0 radical (unpaired) electrons. The first-order chi connectivity index (χ1) is 16.7. The SMILES string of the molecule is O=C(NSc1cccc(OCc2ccccc2)c1)NC(=O)c1cc2cc(OC(F)(F)F)ccc2o1. The van der Waals surface area contributed by atoms with E-state index < -0.39 is 24.1 Å². The quantitative estimate of drug-likeness (QED) is 0.299. The van der Waals surface area contributed by atoms with Crippen molar-refractivity contribution in [2.45, 2.75) is 17.9 Å². The first kappa shape index (κ1) is 24.0. The van der Waals surface area contributed by atoms with Crippen LogP contribution in [0.2, 0.25) is 0 Å². The zero-order chi connectivity index (χ0) is 24.8. The molecule has 35 heavy (non-hydrogen) atoms. The molecule has 11 heteroatoms. The van der Waals surface area contributed by atoms with E-state index in [4.69, 9.17) is 9.15 Å². The van der Waals surface area contributed by atoms with Gasteiger partial charge < -0.3 is 13.9 Å². The molecule has 7 nitrogen and oxygen atoms in total. The smallest absolute Gasteiger partial charge is 0.489 e. The first-order valence-electron chi connectivity index (χ1n) is 10.1. The second kappa shape index (κ2) is 10.4. The number of ether oxygens (including phenoxy) is 2. The number of furan rings is 1. The molecule has 3 aromatic carbocycles. The molecule has 0 atom stereocenters. The summed E-state index contributed by atoms with van der Waals surface area (Å²) in [6.07, 6.45) is -4.85. The molecule has 4 aromatic rings. The lowest BCUT2D eigenvalue weighted by molar-refractivity contribution is -0.274. The number of imide groups is 1. The summed E-state index contributed by atoms with van der Waals surface area (Å²) >= 11 is 0.966. The molecule has 0 fully saturated rings. The largest absolute Gasteiger partial charge is 0.573 e. The summed E-state index contributed by atoms with van der Waals surface area (Å²) in [5.74, 6) is -0.965. The molecule has 1 heterocycles. The average Bonchev–Trinajstić information content (AvgIpc) is 3.25. The van der Waals surface area contributed by atoms with Crippen molar-refractivity contribution >= 4 is 34.9 Å². The van der Waals surface area contributed by atoms with E-state index in [1.54, 1.807) is 24.3 Å². The number of carbonyl (C=O) groups excluding carboxylic acids is 2. The molecule has 0 aliphatic heterocycles. The second-order valence-corrected chi connectivity index (χ2v) is 7.97. The predicted molar refractivity (Wildman–Crippen MR) is 122 cm³/mol. The zero-order valence-corrected chi connectivity index (χ0v) is 18.6. The van der Waals surface area contributed by atoms with Crippen LogP contribution >= 0.6 is 11.9 Å². The molecule has 0 unspecified atom stereocenters. The minimum absolute atomic E-state index is 0.159. The van der Waals surface area contributed by atoms with Crippen LogP contribution in [0.25, 0.3) is 11.0 Å². The van der Waals surface area contributed by atoms with Crippen molar-refractivity contribution in [2.24, 2.45) is 0 Å². The molecule has 1 aromatic heterocycles. The van der Waals surface area contributed by atoms with Crippen molar-refractivity contribution in [3.05, 3.63) is 90.2 Å². The summed E-state index contributed by atoms with van der Waals surface area (Å²) in [6.45, 7) is 0.388. The first-order valence-corrected chi connectivity index (χ1v) is 10.9. The van der Waals surface area contributed by atoms with Crippen LogP contribution in [0.5, 0.6) is 11.5 Å². The highest BCUT2D eigenvalue weighted by Crippen LogP contribution is 2.28. The molecular formula is C24H17F3N2O5S. The van der Waals surface area contributed by atoms with E-state index in [0.29, 0.717) is 17.3 Å². The maximum absolute atomic E-state index is 12.4. The van der Waals surface area contributed by atoms with E-state index in [2.05, 4.69) is 14.8 Å². The van der Waals surface area contributed by atoms with Crippen LogP contribution in [0.4, 0.5) is 18.0 Å². The minimum atomic E-state index is -4.85. The number of hydrogen-bond donors (Lipinski definition) is 2. The van der Waals surface area contributed by atoms with Gasteiger partial charge in [-0.25, -0.2) is 4.79 Å². The van der Waals surface area contributed by atoms with E-state index in [-0.39, 0.29) is 16.7 Å². The lowest BCUT2D eigenvalue weighted by atomic mass is 10.2. The van der Waals surface area contributed by atoms with Crippen molar-refractivity contribution in [3.63, 3.8) is 0 Å². The fraction of sp³-hybridized carbons (Fsp3) is 0.0833. The van der Waals surface area contributed by atoms with Gasteiger partial charge in [0, 0.05) is 10.3 Å². The Morgan fingerprint density at radius 1 is 0.914 bits per heavy atom. The minimum Gasteiger partial charge on any atom is -0.489 e. The van der Waals surface area contributed by atoms with Gasteiger partial charge in [0.25, 0.3) is 5.91 Å². The molecule has 4 rings (SSSR count). The Bertz CT molecular complexity index is 1340. The van der Waals surface area contributed by atoms with Crippen molar-refractivity contribution in [3.8, 4) is 11.5 Å². The number of halogens is 3. The van der Waals surface area contributed by atoms with Crippen LogP contribution in [0.3, 0.4) is 0 Å². The Morgan fingerprint density at radius 3 is 2.49 bits per heavy atom. The maximum Gasteiger partial charge on any atom is 0.573 e. The molecule has 0 bridgehead atoms. The number of fused-ring (bicyclic) bond motifs is 1. The molecular weight excluding hydrogens is 485 g/mol. The Kier molecular flexibility index (Phi) is 7.16.